The summed E-state index contributed by atoms with van der Waals surface area (Å²) < 4.78 is 0. The van der Waals surface area contributed by atoms with Crippen molar-refractivity contribution in [1.29, 1.82) is 0 Å². The number of pyridine rings is 1. The van der Waals surface area contributed by atoms with Gasteiger partial charge in [-0.3, -0.25) is 15.1 Å². The van der Waals surface area contributed by atoms with E-state index in [0.717, 1.165) is 10.6 Å². The molecule has 0 bridgehead atoms. The Bertz CT molecular complexity index is 535. The smallest absolute Gasteiger partial charge is 0.249 e. The van der Waals surface area contributed by atoms with Crippen molar-refractivity contribution in [2.24, 2.45) is 0 Å². The van der Waals surface area contributed by atoms with Gasteiger partial charge in [0.1, 0.15) is 0 Å². The zero-order valence-corrected chi connectivity index (χ0v) is 9.94. The molecule has 5 nitrogen and oxygen atoms in total. The Hall–Kier alpha value is -2.08. The molecule has 1 amide bonds. The topological polar surface area (TPSA) is 67.8 Å². The summed E-state index contributed by atoms with van der Waals surface area (Å²) in [6, 6.07) is 3.72. The first-order chi connectivity index (χ1) is 8.29. The third-order valence-corrected chi connectivity index (χ3v) is 2.77. The number of anilines is 1. The summed E-state index contributed by atoms with van der Waals surface area (Å²) >= 11 is 1.31. The standard InChI is InChI=1S/C11H10N4OS/c1-2-4-9(16)13-11-15-14-10(17-11)8-5-3-6-12-7-8/h2-7H,1H3,(H,13,15,16)/b4-2+. The first kappa shape index (κ1) is 11.4. The highest BCUT2D eigenvalue weighted by Crippen LogP contribution is 2.25. The predicted molar refractivity (Wildman–Crippen MR) is 66.6 cm³/mol. The van der Waals surface area contributed by atoms with Crippen LogP contribution in [-0.4, -0.2) is 21.1 Å². The van der Waals surface area contributed by atoms with E-state index in [1.54, 1.807) is 25.4 Å². The van der Waals surface area contributed by atoms with Gasteiger partial charge in [-0.25, -0.2) is 0 Å². The second-order valence-corrected chi connectivity index (χ2v) is 4.12. The fourth-order valence-electron chi connectivity index (χ4n) is 1.18. The number of hydrogen-bond donors (Lipinski definition) is 1. The average molecular weight is 246 g/mol. The first-order valence-corrected chi connectivity index (χ1v) is 5.79. The number of nitrogens with one attached hydrogen (secondary N) is 1. The lowest BCUT2D eigenvalue weighted by Crippen LogP contribution is -2.07. The van der Waals surface area contributed by atoms with E-state index in [2.05, 4.69) is 20.5 Å². The van der Waals surface area contributed by atoms with Crippen LogP contribution in [0.1, 0.15) is 6.92 Å². The van der Waals surface area contributed by atoms with Crippen LogP contribution in [-0.2, 0) is 4.79 Å². The minimum Gasteiger partial charge on any atom is -0.297 e. The van der Waals surface area contributed by atoms with Crippen molar-refractivity contribution in [3.8, 4) is 10.6 Å². The number of allylic oxidation sites excluding steroid dienone is 1. The number of carbonyl (C=O) groups is 1. The van der Waals surface area contributed by atoms with Crippen molar-refractivity contribution in [2.75, 3.05) is 5.32 Å². The predicted octanol–water partition coefficient (Wildman–Crippen LogP) is 2.11. The van der Waals surface area contributed by atoms with E-state index in [1.165, 1.54) is 17.4 Å². The number of aromatic nitrogens is 3. The van der Waals surface area contributed by atoms with Crippen LogP contribution in [0.15, 0.2) is 36.7 Å². The number of nitrogens with zero attached hydrogens (tertiary/aromatic N) is 3. The van der Waals surface area contributed by atoms with Gasteiger partial charge in [-0.05, 0) is 25.1 Å². The number of carbonyl (C=O) groups excluding carboxylic acids is 1. The zero-order valence-electron chi connectivity index (χ0n) is 9.12. The number of rotatable bonds is 3. The maximum Gasteiger partial charge on any atom is 0.249 e. The highest BCUT2D eigenvalue weighted by molar-refractivity contribution is 7.18. The molecule has 6 heteroatoms. The molecule has 0 aliphatic heterocycles. The van der Waals surface area contributed by atoms with Crippen LogP contribution in [0.25, 0.3) is 10.6 Å². The van der Waals surface area contributed by atoms with Crippen LogP contribution in [0.2, 0.25) is 0 Å². The fourth-order valence-corrected chi connectivity index (χ4v) is 1.91. The van der Waals surface area contributed by atoms with Crippen LogP contribution in [0.3, 0.4) is 0 Å². The van der Waals surface area contributed by atoms with E-state index in [-0.39, 0.29) is 5.91 Å². The molecule has 0 saturated heterocycles. The Labute approximate surface area is 102 Å². The summed E-state index contributed by atoms with van der Waals surface area (Å²) in [6.45, 7) is 1.78. The molecule has 17 heavy (non-hydrogen) atoms. The molecule has 86 valence electrons. The summed E-state index contributed by atoms with van der Waals surface area (Å²) in [5.41, 5.74) is 0.886. The van der Waals surface area contributed by atoms with E-state index in [9.17, 15) is 4.79 Å². The van der Waals surface area contributed by atoms with Crippen molar-refractivity contribution in [3.05, 3.63) is 36.7 Å². The van der Waals surface area contributed by atoms with Gasteiger partial charge in [-0.2, -0.15) is 0 Å². The Balaban J connectivity index is 2.14. The lowest BCUT2D eigenvalue weighted by molar-refractivity contribution is -0.111. The van der Waals surface area contributed by atoms with Crippen molar-refractivity contribution in [2.45, 2.75) is 6.92 Å². The molecule has 1 N–H and O–H groups in total. The second kappa shape index (κ2) is 5.31. The maximum absolute atomic E-state index is 11.3. The molecule has 0 unspecified atom stereocenters. The maximum atomic E-state index is 11.3. The normalized spacial score (nSPS) is 10.6. The fraction of sp³-hybridized carbons (Fsp3) is 0.0909. The van der Waals surface area contributed by atoms with Crippen molar-refractivity contribution in [1.82, 2.24) is 15.2 Å². The molecular weight excluding hydrogens is 236 g/mol. The van der Waals surface area contributed by atoms with Gasteiger partial charge in [-0.15, -0.1) is 10.2 Å². The van der Waals surface area contributed by atoms with Crippen LogP contribution in [0.4, 0.5) is 5.13 Å². The third-order valence-electron chi connectivity index (χ3n) is 1.88. The van der Waals surface area contributed by atoms with Crippen LogP contribution in [0, 0.1) is 0 Å². The second-order valence-electron chi connectivity index (χ2n) is 3.14. The molecule has 0 saturated carbocycles. The lowest BCUT2D eigenvalue weighted by Gasteiger charge is -1.93. The molecular formula is C11H10N4OS. The number of amides is 1. The molecule has 2 aromatic heterocycles. The Morgan fingerprint density at radius 3 is 3.06 bits per heavy atom. The van der Waals surface area contributed by atoms with Crippen LogP contribution >= 0.6 is 11.3 Å². The summed E-state index contributed by atoms with van der Waals surface area (Å²) in [7, 11) is 0. The minimum absolute atomic E-state index is 0.207. The lowest BCUT2D eigenvalue weighted by atomic mass is 10.3. The third kappa shape index (κ3) is 2.94. The average Bonchev–Trinajstić information content (AvgIpc) is 2.79. The summed E-state index contributed by atoms with van der Waals surface area (Å²) in [4.78, 5) is 15.3. The highest BCUT2D eigenvalue weighted by atomic mass is 32.1. The van der Waals surface area contributed by atoms with Crippen molar-refractivity contribution < 1.29 is 4.79 Å². The van der Waals surface area contributed by atoms with E-state index in [1.807, 2.05) is 12.1 Å². The SMILES string of the molecule is C/C=C/C(=O)Nc1nnc(-c2cccnc2)s1. The van der Waals surface area contributed by atoms with Gasteiger partial charge >= 0.3 is 0 Å². The quantitative estimate of drug-likeness (QED) is 0.842. The van der Waals surface area contributed by atoms with E-state index >= 15 is 0 Å². The Morgan fingerprint density at radius 2 is 2.35 bits per heavy atom. The van der Waals surface area contributed by atoms with Gasteiger partial charge in [0.25, 0.3) is 0 Å². The van der Waals surface area contributed by atoms with Crippen LogP contribution in [0.5, 0.6) is 0 Å². The summed E-state index contributed by atoms with van der Waals surface area (Å²) in [5, 5.41) is 11.7. The summed E-state index contributed by atoms with van der Waals surface area (Å²) in [6.07, 6.45) is 6.50. The summed E-state index contributed by atoms with van der Waals surface area (Å²) in [5.74, 6) is -0.207. The Morgan fingerprint density at radius 1 is 1.47 bits per heavy atom. The van der Waals surface area contributed by atoms with Gasteiger partial charge in [0, 0.05) is 18.0 Å². The Kier molecular flexibility index (Phi) is 3.56. The monoisotopic (exact) mass is 246 g/mol. The molecule has 0 aliphatic rings. The molecule has 0 fully saturated rings. The van der Waals surface area contributed by atoms with E-state index in [0.29, 0.717) is 5.13 Å². The largest absolute Gasteiger partial charge is 0.297 e. The molecule has 0 radical (unpaired) electrons. The molecule has 0 aromatic carbocycles. The molecule has 2 rings (SSSR count). The number of hydrogen-bond acceptors (Lipinski definition) is 5. The zero-order chi connectivity index (χ0) is 12.1. The highest BCUT2D eigenvalue weighted by Gasteiger charge is 2.07. The molecule has 2 heterocycles. The van der Waals surface area contributed by atoms with Gasteiger partial charge in [-0.1, -0.05) is 17.4 Å². The van der Waals surface area contributed by atoms with Crippen LogP contribution < -0.4 is 5.32 Å². The van der Waals surface area contributed by atoms with Gasteiger partial charge in [0.05, 0.1) is 0 Å². The molecule has 0 atom stereocenters. The molecule has 2 aromatic rings. The molecule has 0 aliphatic carbocycles. The van der Waals surface area contributed by atoms with Gasteiger partial charge in [0.2, 0.25) is 11.0 Å². The van der Waals surface area contributed by atoms with Crippen molar-refractivity contribution in [3.63, 3.8) is 0 Å². The minimum atomic E-state index is -0.207. The first-order valence-electron chi connectivity index (χ1n) is 4.97. The molecule has 0 spiro atoms. The van der Waals surface area contributed by atoms with Gasteiger partial charge < -0.3 is 0 Å². The van der Waals surface area contributed by atoms with E-state index < -0.39 is 0 Å². The van der Waals surface area contributed by atoms with E-state index in [4.69, 9.17) is 0 Å². The van der Waals surface area contributed by atoms with Gasteiger partial charge in [0.15, 0.2) is 5.01 Å². The van der Waals surface area contributed by atoms with Crippen molar-refractivity contribution >= 4 is 22.4 Å².